The topological polar surface area (TPSA) is 109 Å². The molecule has 8 nitrogen and oxygen atoms in total. The highest BCUT2D eigenvalue weighted by Gasteiger charge is 2.34. The van der Waals surface area contributed by atoms with Gasteiger partial charge in [-0.1, -0.05) is 24.3 Å². The lowest BCUT2D eigenvalue weighted by Gasteiger charge is -2.12. The fraction of sp³-hybridized carbons (Fsp3) is 0.167. The normalized spacial score (nSPS) is 14.5. The summed E-state index contributed by atoms with van der Waals surface area (Å²) >= 11 is 0.726. The van der Waals surface area contributed by atoms with E-state index in [1.165, 1.54) is 37.5 Å². The number of methoxy groups -OCH3 is 1. The first-order valence-electron chi connectivity index (χ1n) is 10.1. The smallest absolute Gasteiger partial charge is 0.293 e. The van der Waals surface area contributed by atoms with Crippen molar-refractivity contribution in [1.29, 1.82) is 5.26 Å². The van der Waals surface area contributed by atoms with Crippen LogP contribution in [0.25, 0.3) is 12.2 Å². The molecule has 1 N–H and O–H groups in total. The van der Waals surface area contributed by atoms with Crippen molar-refractivity contribution >= 4 is 41.0 Å². The number of thioether (sulfide) groups is 1. The summed E-state index contributed by atoms with van der Waals surface area (Å²) in [6.45, 7) is -0.0784. The van der Waals surface area contributed by atoms with E-state index in [0.717, 1.165) is 16.7 Å². The monoisotopic (exact) mass is 481 g/mol. The number of rotatable bonds is 9. The molecule has 0 aliphatic carbocycles. The Morgan fingerprint density at radius 3 is 2.76 bits per heavy atom. The Bertz CT molecular complexity index is 1210. The molecule has 1 fully saturated rings. The molecule has 0 saturated carbocycles. The molecule has 2 aromatic rings. The number of halogens is 1. The molecule has 2 aromatic carbocycles. The average molecular weight is 482 g/mol. The number of hydrogen-bond donors (Lipinski definition) is 1. The molecule has 10 heteroatoms. The summed E-state index contributed by atoms with van der Waals surface area (Å²) in [7, 11) is 1.46. The molecule has 0 aromatic heterocycles. The third kappa shape index (κ3) is 6.24. The summed E-state index contributed by atoms with van der Waals surface area (Å²) in [6, 6.07) is 12.8. The third-order valence-electron chi connectivity index (χ3n) is 4.61. The number of amides is 3. The number of ether oxygens (including phenoxy) is 2. The molecular weight excluding hydrogens is 461 g/mol. The molecular formula is C24H20FN3O5S. The van der Waals surface area contributed by atoms with Gasteiger partial charge in [0.05, 0.1) is 12.0 Å². The maximum atomic E-state index is 13.8. The number of carbonyl (C=O) groups excluding carboxylic acids is 3. The van der Waals surface area contributed by atoms with Crippen molar-refractivity contribution < 1.29 is 28.2 Å². The second kappa shape index (κ2) is 11.7. The van der Waals surface area contributed by atoms with Crippen LogP contribution >= 0.6 is 11.8 Å². The third-order valence-corrected chi connectivity index (χ3v) is 5.51. The van der Waals surface area contributed by atoms with Gasteiger partial charge >= 0.3 is 0 Å². The van der Waals surface area contributed by atoms with Gasteiger partial charge in [0, 0.05) is 24.7 Å². The van der Waals surface area contributed by atoms with Crippen LogP contribution in [0.5, 0.6) is 11.5 Å². The summed E-state index contributed by atoms with van der Waals surface area (Å²) < 4.78 is 24.3. The molecule has 1 aliphatic heterocycles. The molecule has 174 valence electrons. The van der Waals surface area contributed by atoms with Crippen molar-refractivity contribution in [3.63, 3.8) is 0 Å². The van der Waals surface area contributed by atoms with E-state index in [0.29, 0.717) is 17.1 Å². The number of imide groups is 1. The van der Waals surface area contributed by atoms with Crippen molar-refractivity contribution in [1.82, 2.24) is 10.2 Å². The van der Waals surface area contributed by atoms with Crippen LogP contribution in [0, 0.1) is 17.1 Å². The predicted octanol–water partition coefficient (Wildman–Crippen LogP) is 3.60. The largest absolute Gasteiger partial charge is 0.493 e. The highest BCUT2D eigenvalue weighted by molar-refractivity contribution is 8.18. The Hall–Kier alpha value is -4.10. The summed E-state index contributed by atoms with van der Waals surface area (Å²) in [5.41, 5.74) is 0.883. The molecule has 0 radical (unpaired) electrons. The second-order valence-electron chi connectivity index (χ2n) is 6.84. The second-order valence-corrected chi connectivity index (χ2v) is 7.83. The first kappa shape index (κ1) is 24.5. The van der Waals surface area contributed by atoms with E-state index in [1.54, 1.807) is 30.3 Å². The lowest BCUT2D eigenvalue weighted by Crippen LogP contribution is -2.36. The highest BCUT2D eigenvalue weighted by Crippen LogP contribution is 2.32. The molecule has 3 amide bonds. The van der Waals surface area contributed by atoms with Crippen molar-refractivity contribution in [2.45, 2.75) is 0 Å². The zero-order valence-electron chi connectivity index (χ0n) is 18.1. The van der Waals surface area contributed by atoms with Crippen LogP contribution in [0.1, 0.15) is 11.1 Å². The zero-order valence-corrected chi connectivity index (χ0v) is 18.9. The van der Waals surface area contributed by atoms with Crippen LogP contribution in [-0.2, 0) is 9.59 Å². The number of nitrogens with zero attached hydrogens (tertiary/aromatic N) is 2. The fourth-order valence-electron chi connectivity index (χ4n) is 2.97. The van der Waals surface area contributed by atoms with Crippen molar-refractivity contribution in [2.24, 2.45) is 0 Å². The van der Waals surface area contributed by atoms with Gasteiger partial charge in [0.2, 0.25) is 5.91 Å². The maximum absolute atomic E-state index is 13.8. The van der Waals surface area contributed by atoms with Gasteiger partial charge in [-0.3, -0.25) is 19.3 Å². The molecule has 34 heavy (non-hydrogen) atoms. The van der Waals surface area contributed by atoms with E-state index < -0.39 is 22.9 Å². The fourth-order valence-corrected chi connectivity index (χ4v) is 3.82. The number of benzene rings is 2. The van der Waals surface area contributed by atoms with Crippen LogP contribution in [0.15, 0.2) is 53.4 Å². The Kier molecular flexibility index (Phi) is 8.43. The molecule has 1 aliphatic rings. The van der Waals surface area contributed by atoms with Crippen molar-refractivity contribution in [2.75, 3.05) is 26.8 Å². The van der Waals surface area contributed by atoms with Crippen molar-refractivity contribution in [3.8, 4) is 17.6 Å². The van der Waals surface area contributed by atoms with Gasteiger partial charge in [-0.25, -0.2) is 4.39 Å². The van der Waals surface area contributed by atoms with Crippen LogP contribution < -0.4 is 14.8 Å². The van der Waals surface area contributed by atoms with Crippen LogP contribution in [0.4, 0.5) is 9.18 Å². The van der Waals surface area contributed by atoms with E-state index in [-0.39, 0.29) is 30.2 Å². The van der Waals surface area contributed by atoms with E-state index in [4.69, 9.17) is 14.7 Å². The molecule has 0 unspecified atom stereocenters. The van der Waals surface area contributed by atoms with E-state index in [1.807, 2.05) is 6.07 Å². The lowest BCUT2D eigenvalue weighted by molar-refractivity contribution is -0.123. The van der Waals surface area contributed by atoms with Crippen LogP contribution in [-0.4, -0.2) is 48.8 Å². The number of carbonyl (C=O) groups is 3. The SMILES string of the molecule is COc1cc(/C=C/C(=O)NCCN2C(=O)S/C(=C\c3ccccc3F)C2=O)ccc1OCC#N. The van der Waals surface area contributed by atoms with Gasteiger partial charge < -0.3 is 14.8 Å². The quantitative estimate of drug-likeness (QED) is 0.545. The Morgan fingerprint density at radius 2 is 2.03 bits per heavy atom. The van der Waals surface area contributed by atoms with Gasteiger partial charge in [0.1, 0.15) is 11.9 Å². The van der Waals surface area contributed by atoms with Gasteiger partial charge in [0.25, 0.3) is 11.1 Å². The molecule has 1 saturated heterocycles. The van der Waals surface area contributed by atoms with Gasteiger partial charge in [-0.15, -0.1) is 0 Å². The lowest BCUT2D eigenvalue weighted by atomic mass is 10.2. The standard InChI is InChI=1S/C24H20FN3O5S/c1-32-20-14-16(6-8-19(20)33-13-10-26)7-9-22(29)27-11-12-28-23(30)21(34-24(28)31)15-17-4-2-3-5-18(17)25/h2-9,14-15H,11-13H2,1H3,(H,27,29)/b9-7+,21-15-. The van der Waals surface area contributed by atoms with Crippen molar-refractivity contribution in [3.05, 3.63) is 70.4 Å². The van der Waals surface area contributed by atoms with Gasteiger partial charge in [-0.2, -0.15) is 5.26 Å². The van der Waals surface area contributed by atoms with Gasteiger partial charge in [0.15, 0.2) is 18.1 Å². The minimum absolute atomic E-state index is 0.0163. The number of nitriles is 1. The molecule has 0 spiro atoms. The summed E-state index contributed by atoms with van der Waals surface area (Å²) in [5.74, 6) is -0.616. The highest BCUT2D eigenvalue weighted by atomic mass is 32.2. The molecule has 0 bridgehead atoms. The van der Waals surface area contributed by atoms with Crippen LogP contribution in [0.2, 0.25) is 0 Å². The molecule has 3 rings (SSSR count). The van der Waals surface area contributed by atoms with Gasteiger partial charge in [-0.05, 0) is 47.7 Å². The zero-order chi connectivity index (χ0) is 24.5. The molecule has 1 heterocycles. The first-order valence-corrected chi connectivity index (χ1v) is 10.9. The summed E-state index contributed by atoms with van der Waals surface area (Å²) in [5, 5.41) is 10.7. The minimum Gasteiger partial charge on any atom is -0.493 e. The van der Waals surface area contributed by atoms with E-state index in [9.17, 15) is 18.8 Å². The Balaban J connectivity index is 1.53. The van der Waals surface area contributed by atoms with E-state index >= 15 is 0 Å². The number of hydrogen-bond acceptors (Lipinski definition) is 7. The Labute approximate surface area is 199 Å². The summed E-state index contributed by atoms with van der Waals surface area (Å²) in [6.07, 6.45) is 4.20. The first-order chi connectivity index (χ1) is 16.4. The van der Waals surface area contributed by atoms with E-state index in [2.05, 4.69) is 5.32 Å². The number of nitrogens with one attached hydrogen (secondary N) is 1. The Morgan fingerprint density at radius 1 is 1.24 bits per heavy atom. The maximum Gasteiger partial charge on any atom is 0.293 e. The minimum atomic E-state index is -0.533. The van der Waals surface area contributed by atoms with Crippen LogP contribution in [0.3, 0.4) is 0 Å². The molecule has 0 atom stereocenters. The predicted molar refractivity (Wildman–Crippen MR) is 125 cm³/mol. The average Bonchev–Trinajstić information content (AvgIpc) is 3.10. The summed E-state index contributed by atoms with van der Waals surface area (Å²) in [4.78, 5) is 37.9.